The molecule has 3 N–H and O–H groups in total. The number of aliphatic imine (C=N–C) groups is 1. The molecule has 2 aromatic heterocycles. The highest BCUT2D eigenvalue weighted by atomic mass is 35.5. The molecule has 2 amide bonds. The first kappa shape index (κ1) is 37.2. The van der Waals surface area contributed by atoms with Gasteiger partial charge < -0.3 is 15.8 Å². The van der Waals surface area contributed by atoms with E-state index in [9.17, 15) is 31.5 Å². The van der Waals surface area contributed by atoms with E-state index < -0.39 is 66.2 Å². The van der Waals surface area contributed by atoms with Crippen molar-refractivity contribution in [3.63, 3.8) is 0 Å². The van der Waals surface area contributed by atoms with Crippen LogP contribution in [0.2, 0.25) is 5.02 Å². The molecule has 7 rings (SSSR count). The quantitative estimate of drug-likeness (QED) is 0.147. The van der Waals surface area contributed by atoms with Crippen molar-refractivity contribution in [3.8, 4) is 22.6 Å². The number of nitrogens with two attached hydrogens (primary N) is 1. The molecule has 3 heterocycles. The zero-order valence-corrected chi connectivity index (χ0v) is 30.1. The summed E-state index contributed by atoms with van der Waals surface area (Å²) in [6.45, 7) is 0.124. The van der Waals surface area contributed by atoms with Gasteiger partial charge in [0.05, 0.1) is 28.7 Å². The van der Waals surface area contributed by atoms with Crippen molar-refractivity contribution in [2.45, 2.75) is 88.8 Å². The highest BCUT2D eigenvalue weighted by Crippen LogP contribution is 2.51. The number of hydrogen-bond acceptors (Lipinski definition) is 9. The molecule has 0 saturated heterocycles. The van der Waals surface area contributed by atoms with Crippen molar-refractivity contribution in [2.24, 2.45) is 16.1 Å². The van der Waals surface area contributed by atoms with Crippen LogP contribution in [-0.2, 0) is 15.1 Å². The lowest BCUT2D eigenvalue weighted by atomic mass is 9.74. The Kier molecular flexibility index (Phi) is 9.17. The minimum atomic E-state index is -4.76. The molecule has 286 valence electrons. The van der Waals surface area contributed by atoms with Crippen LogP contribution in [0.5, 0.6) is 0 Å². The number of alkyl carbamates (subject to hydrolysis) is 1. The number of carbonyl (C=O) groups is 2. The van der Waals surface area contributed by atoms with Crippen LogP contribution in [0.3, 0.4) is 0 Å². The fourth-order valence-electron chi connectivity index (χ4n) is 6.43. The molecule has 2 aromatic carbocycles. The Morgan fingerprint density at radius 2 is 1.81 bits per heavy atom. The summed E-state index contributed by atoms with van der Waals surface area (Å²) in [6, 6.07) is 9.32. The molecule has 2 atom stereocenters. The number of hydrogen-bond donors (Lipinski definition) is 2. The molecule has 2 aliphatic carbocycles. The zero-order chi connectivity index (χ0) is 38.8. The Labute approximate surface area is 310 Å². The third-order valence-electron chi connectivity index (χ3n) is 10.1. The van der Waals surface area contributed by atoms with Gasteiger partial charge in [-0.1, -0.05) is 55.8 Å². The summed E-state index contributed by atoms with van der Waals surface area (Å²) < 4.78 is 77.3. The molecular formula is C35H36ClF5N10O3. The summed E-state index contributed by atoms with van der Waals surface area (Å²) >= 11 is 6.44. The SMILES string of the molecule is CC1(NC(=O)OCC(c2ccc(Cl)c(-c3ncnn3C(F)F)c2)N2C(=O)C(CC(C)(C)C(F)(F)F)(c3ccc(-c4cnn(C5CC5)n4)cc3)N=C2N)CC1. The standard InChI is InChI=1S/C35H36ClF5N10O3/c1-32(2,35(39,40)41)17-34(21-7-4-19(5-8-21)25-15-44-51(48-25)22-9-10-22)28(52)49(30(42)46-34)26(16-54-31(53)47-33(3)12-13-33)20-6-11-24(36)23(14-20)27-43-18-45-50(27)29(37)38/h4-8,11,14-15,18,22,26,29H,9-10,12-13,16-17H2,1-3H3,(H2,42,46)(H,47,53). The zero-order valence-electron chi connectivity index (χ0n) is 29.3. The van der Waals surface area contributed by atoms with Crippen LogP contribution in [-0.4, -0.2) is 70.9 Å². The van der Waals surface area contributed by atoms with Gasteiger partial charge in [-0.15, -0.1) is 0 Å². The molecule has 1 aliphatic heterocycles. The fourth-order valence-corrected chi connectivity index (χ4v) is 6.63. The van der Waals surface area contributed by atoms with Crippen molar-refractivity contribution in [1.82, 2.24) is 40.0 Å². The van der Waals surface area contributed by atoms with Gasteiger partial charge in [-0.2, -0.15) is 46.7 Å². The summed E-state index contributed by atoms with van der Waals surface area (Å²) in [5.41, 5.74) is 2.82. The fraction of sp³-hybridized carbons (Fsp3) is 0.457. The molecular weight excluding hydrogens is 739 g/mol. The highest BCUT2D eigenvalue weighted by Gasteiger charge is 2.59. The lowest BCUT2D eigenvalue weighted by molar-refractivity contribution is -0.218. The topological polar surface area (TPSA) is 158 Å². The molecule has 0 radical (unpaired) electrons. The van der Waals surface area contributed by atoms with Gasteiger partial charge in [0, 0.05) is 16.7 Å². The number of nitrogens with zero attached hydrogens (tertiary/aromatic N) is 8. The van der Waals surface area contributed by atoms with E-state index in [1.807, 2.05) is 6.92 Å². The summed E-state index contributed by atoms with van der Waals surface area (Å²) in [5.74, 6) is -1.69. The maximum atomic E-state index is 14.9. The van der Waals surface area contributed by atoms with Crippen LogP contribution in [0.25, 0.3) is 22.6 Å². The summed E-state index contributed by atoms with van der Waals surface area (Å²) in [5, 5.41) is 15.1. The number of carbonyl (C=O) groups excluding carboxylic acids is 2. The predicted molar refractivity (Wildman–Crippen MR) is 185 cm³/mol. The minimum absolute atomic E-state index is 0.000588. The lowest BCUT2D eigenvalue weighted by Gasteiger charge is -2.37. The molecule has 3 aliphatic rings. The van der Waals surface area contributed by atoms with Gasteiger partial charge >= 0.3 is 18.8 Å². The number of ether oxygens (including phenoxy) is 1. The number of rotatable bonds is 12. The molecule has 13 nitrogen and oxygen atoms in total. The first-order chi connectivity index (χ1) is 25.4. The van der Waals surface area contributed by atoms with E-state index in [4.69, 9.17) is 22.1 Å². The van der Waals surface area contributed by atoms with Gasteiger partial charge in [-0.05, 0) is 62.3 Å². The molecule has 54 heavy (non-hydrogen) atoms. The molecule has 4 aromatic rings. The smallest absolute Gasteiger partial charge is 0.407 e. The van der Waals surface area contributed by atoms with Crippen molar-refractivity contribution >= 4 is 29.6 Å². The molecule has 2 saturated carbocycles. The average Bonchev–Trinajstić information content (AvgIpc) is 3.93. The molecule has 2 unspecified atom stereocenters. The number of benzene rings is 2. The second-order valence-electron chi connectivity index (χ2n) is 14.8. The first-order valence-electron chi connectivity index (χ1n) is 17.1. The van der Waals surface area contributed by atoms with Gasteiger partial charge in [0.1, 0.15) is 18.6 Å². The lowest BCUT2D eigenvalue weighted by Crippen LogP contribution is -2.49. The maximum absolute atomic E-state index is 14.9. The minimum Gasteiger partial charge on any atom is -0.447 e. The number of guanidine groups is 1. The van der Waals surface area contributed by atoms with Gasteiger partial charge in [0.15, 0.2) is 17.3 Å². The van der Waals surface area contributed by atoms with Gasteiger partial charge in [0.2, 0.25) is 0 Å². The monoisotopic (exact) mass is 774 g/mol. The van der Waals surface area contributed by atoms with Gasteiger partial charge in [0.25, 0.3) is 5.91 Å². The largest absolute Gasteiger partial charge is 0.447 e. The van der Waals surface area contributed by atoms with Crippen molar-refractivity contribution in [2.75, 3.05) is 6.61 Å². The van der Waals surface area contributed by atoms with Crippen molar-refractivity contribution in [1.29, 1.82) is 0 Å². The highest BCUT2D eigenvalue weighted by molar-refractivity contribution is 6.33. The number of aromatic nitrogens is 6. The first-order valence-corrected chi connectivity index (χ1v) is 17.5. The van der Waals surface area contributed by atoms with Crippen molar-refractivity contribution in [3.05, 3.63) is 71.1 Å². The number of nitrogens with one attached hydrogen (secondary N) is 1. The Morgan fingerprint density at radius 1 is 1.11 bits per heavy atom. The Balaban J connectivity index is 1.30. The third kappa shape index (κ3) is 6.98. The van der Waals surface area contributed by atoms with Crippen LogP contribution in [0.1, 0.15) is 82.6 Å². The van der Waals surface area contributed by atoms with Gasteiger partial charge in [-0.3, -0.25) is 9.69 Å². The number of alkyl halides is 5. The Bertz CT molecular complexity index is 2110. The molecule has 0 spiro atoms. The normalized spacial score (nSPS) is 20.3. The predicted octanol–water partition coefficient (Wildman–Crippen LogP) is 6.94. The number of amides is 2. The van der Waals surface area contributed by atoms with Crippen molar-refractivity contribution < 1.29 is 36.3 Å². The Hall–Kier alpha value is -5.13. The van der Waals surface area contributed by atoms with Crippen LogP contribution in [0.4, 0.5) is 26.7 Å². The third-order valence-corrected chi connectivity index (χ3v) is 10.4. The van der Waals surface area contributed by atoms with E-state index in [1.54, 1.807) is 23.1 Å². The second-order valence-corrected chi connectivity index (χ2v) is 15.2. The van der Waals surface area contributed by atoms with E-state index in [-0.39, 0.29) is 33.6 Å². The second kappa shape index (κ2) is 13.3. The Morgan fingerprint density at radius 3 is 2.44 bits per heavy atom. The van der Waals surface area contributed by atoms with E-state index >= 15 is 0 Å². The summed E-state index contributed by atoms with van der Waals surface area (Å²) in [7, 11) is 0. The van der Waals surface area contributed by atoms with Gasteiger partial charge in [-0.25, -0.2) is 14.8 Å². The van der Waals surface area contributed by atoms with Crippen LogP contribution >= 0.6 is 11.6 Å². The summed E-state index contributed by atoms with van der Waals surface area (Å²) in [4.78, 5) is 38.9. The van der Waals surface area contributed by atoms with E-state index in [2.05, 4.69) is 30.6 Å². The molecule has 2 fully saturated rings. The molecule has 0 bridgehead atoms. The molecule has 19 heteroatoms. The average molecular weight is 775 g/mol. The number of halogens is 6. The van der Waals surface area contributed by atoms with E-state index in [0.29, 0.717) is 15.9 Å². The summed E-state index contributed by atoms with van der Waals surface area (Å²) in [6.07, 6.45) is -0.542. The van der Waals surface area contributed by atoms with E-state index in [0.717, 1.165) is 50.8 Å². The van der Waals surface area contributed by atoms with Crippen LogP contribution < -0.4 is 11.1 Å². The van der Waals surface area contributed by atoms with Crippen LogP contribution in [0.15, 0.2) is 60.0 Å². The maximum Gasteiger partial charge on any atom is 0.407 e. The van der Waals surface area contributed by atoms with E-state index in [1.165, 1.54) is 30.3 Å². The van der Waals surface area contributed by atoms with Crippen LogP contribution in [0, 0.1) is 5.41 Å².